The minimum absolute atomic E-state index is 0.341. The molecule has 0 aliphatic rings. The molecule has 0 amide bonds. The summed E-state index contributed by atoms with van der Waals surface area (Å²) in [5, 5.41) is 8.57. The van der Waals surface area contributed by atoms with E-state index in [1.54, 1.807) is 0 Å². The van der Waals surface area contributed by atoms with Crippen molar-refractivity contribution in [3.8, 4) is 0 Å². The fourth-order valence-corrected chi connectivity index (χ4v) is 0.610. The first kappa shape index (κ1) is 9.68. The Bertz CT molecular complexity index is 117. The van der Waals surface area contributed by atoms with E-state index < -0.39 is 12.0 Å². The van der Waals surface area contributed by atoms with Gasteiger partial charge in [-0.3, -0.25) is 4.79 Å². The molecule has 0 aliphatic heterocycles. The summed E-state index contributed by atoms with van der Waals surface area (Å²) in [6.07, 6.45) is 0. The van der Waals surface area contributed by atoms with E-state index in [1.165, 1.54) is 14.2 Å². The number of aliphatic hydroxyl groups excluding tert-OH is 1. The zero-order chi connectivity index (χ0) is 8.15. The third kappa shape index (κ3) is 2.51. The van der Waals surface area contributed by atoms with Crippen LogP contribution in [0.2, 0.25) is 0 Å². The van der Waals surface area contributed by atoms with Crippen molar-refractivity contribution < 1.29 is 14.6 Å². The van der Waals surface area contributed by atoms with E-state index in [-0.39, 0.29) is 6.61 Å². The summed E-state index contributed by atoms with van der Waals surface area (Å²) in [7, 11) is 2.71. The van der Waals surface area contributed by atoms with Crippen LogP contribution in [0.15, 0.2) is 0 Å². The average molecular weight is 168 g/mol. The third-order valence-electron chi connectivity index (χ3n) is 1.08. The molecule has 0 rings (SSSR count). The van der Waals surface area contributed by atoms with Gasteiger partial charge in [-0.25, -0.2) is 4.42 Å². The van der Waals surface area contributed by atoms with Crippen LogP contribution in [0.25, 0.3) is 0 Å². The van der Waals surface area contributed by atoms with Gasteiger partial charge in [-0.15, -0.1) is 0 Å². The Morgan fingerprint density at radius 1 is 1.90 bits per heavy atom. The largest absolute Gasteiger partial charge is 0.468 e. The lowest BCUT2D eigenvalue weighted by Crippen LogP contribution is -2.36. The SMILES string of the molecule is COC(=O)[C@@H](CO)N(C)Cl. The molecule has 0 aromatic rings. The fraction of sp³-hybridized carbons (Fsp3) is 0.800. The van der Waals surface area contributed by atoms with Gasteiger partial charge in [0.2, 0.25) is 0 Å². The van der Waals surface area contributed by atoms with Crippen molar-refractivity contribution in [1.29, 1.82) is 0 Å². The van der Waals surface area contributed by atoms with E-state index in [4.69, 9.17) is 16.9 Å². The molecular weight excluding hydrogens is 158 g/mol. The Morgan fingerprint density at radius 2 is 2.40 bits per heavy atom. The summed E-state index contributed by atoms with van der Waals surface area (Å²) in [6.45, 7) is -0.341. The second-order valence-electron chi connectivity index (χ2n) is 1.75. The standard InChI is InChI=1S/C5H10ClNO3/c1-7(6)4(3-8)5(9)10-2/h4,8H,3H2,1-2H3/t4-/m1/s1. The van der Waals surface area contributed by atoms with Gasteiger partial charge in [0.25, 0.3) is 0 Å². The van der Waals surface area contributed by atoms with E-state index in [9.17, 15) is 4.79 Å². The number of hydrogen-bond acceptors (Lipinski definition) is 4. The normalized spacial score (nSPS) is 13.3. The Kier molecular flexibility index (Phi) is 4.34. The number of rotatable bonds is 3. The van der Waals surface area contributed by atoms with E-state index in [2.05, 4.69) is 4.74 Å². The van der Waals surface area contributed by atoms with E-state index in [0.29, 0.717) is 0 Å². The number of methoxy groups -OCH3 is 1. The first-order valence-electron chi connectivity index (χ1n) is 2.70. The van der Waals surface area contributed by atoms with Gasteiger partial charge >= 0.3 is 5.97 Å². The Hall–Kier alpha value is -0.320. The monoisotopic (exact) mass is 167 g/mol. The molecule has 0 unspecified atom stereocenters. The minimum atomic E-state index is -0.772. The Labute approximate surface area is 64.4 Å². The second kappa shape index (κ2) is 4.49. The molecule has 5 heteroatoms. The molecule has 0 heterocycles. The van der Waals surface area contributed by atoms with Crippen molar-refractivity contribution in [3.63, 3.8) is 0 Å². The summed E-state index contributed by atoms with van der Waals surface area (Å²) in [5.74, 6) is -0.542. The average Bonchev–Trinajstić information content (AvgIpc) is 1.88. The predicted octanol–water partition coefficient (Wildman–Crippen LogP) is -0.394. The highest BCUT2D eigenvalue weighted by Gasteiger charge is 2.21. The number of esters is 1. The zero-order valence-electron chi connectivity index (χ0n) is 5.87. The first-order valence-corrected chi connectivity index (χ1v) is 3.04. The summed E-state index contributed by atoms with van der Waals surface area (Å²) < 4.78 is 5.41. The van der Waals surface area contributed by atoms with Gasteiger partial charge in [0.05, 0.1) is 13.7 Å². The number of nitrogens with zero attached hydrogens (tertiary/aromatic N) is 1. The van der Waals surface area contributed by atoms with Crippen LogP contribution in [0.1, 0.15) is 0 Å². The summed E-state index contributed by atoms with van der Waals surface area (Å²) in [6, 6.07) is -0.772. The maximum Gasteiger partial charge on any atom is 0.326 e. The molecule has 60 valence electrons. The molecule has 10 heavy (non-hydrogen) atoms. The predicted molar refractivity (Wildman–Crippen MR) is 36.5 cm³/mol. The van der Waals surface area contributed by atoms with Crippen LogP contribution in [0, 0.1) is 0 Å². The molecule has 1 N–H and O–H groups in total. The van der Waals surface area contributed by atoms with Gasteiger partial charge in [0.15, 0.2) is 0 Å². The highest BCUT2D eigenvalue weighted by Crippen LogP contribution is 2.00. The van der Waals surface area contributed by atoms with E-state index >= 15 is 0 Å². The van der Waals surface area contributed by atoms with Crippen molar-refractivity contribution in [2.24, 2.45) is 0 Å². The van der Waals surface area contributed by atoms with Crippen molar-refractivity contribution in [3.05, 3.63) is 0 Å². The fourth-order valence-electron chi connectivity index (χ4n) is 0.468. The van der Waals surface area contributed by atoms with Gasteiger partial charge in [-0.2, -0.15) is 0 Å². The third-order valence-corrected chi connectivity index (χ3v) is 1.31. The maximum atomic E-state index is 10.7. The molecule has 0 fully saturated rings. The van der Waals surface area contributed by atoms with Crippen LogP contribution in [-0.4, -0.2) is 42.3 Å². The van der Waals surface area contributed by atoms with Crippen molar-refractivity contribution in [2.75, 3.05) is 20.8 Å². The molecule has 0 bridgehead atoms. The molecule has 1 atom stereocenters. The molecule has 0 radical (unpaired) electrons. The summed E-state index contributed by atoms with van der Waals surface area (Å²) in [4.78, 5) is 10.7. The lowest BCUT2D eigenvalue weighted by atomic mass is 10.3. The van der Waals surface area contributed by atoms with E-state index in [1.807, 2.05) is 0 Å². The number of aliphatic hydroxyl groups is 1. The van der Waals surface area contributed by atoms with Gasteiger partial charge < -0.3 is 9.84 Å². The van der Waals surface area contributed by atoms with Crippen molar-refractivity contribution in [1.82, 2.24) is 4.42 Å². The minimum Gasteiger partial charge on any atom is -0.468 e. The molecule has 0 aromatic carbocycles. The van der Waals surface area contributed by atoms with Gasteiger partial charge in [-0.1, -0.05) is 0 Å². The molecule has 0 aliphatic carbocycles. The molecule has 4 nitrogen and oxygen atoms in total. The quantitative estimate of drug-likeness (QED) is 0.459. The topological polar surface area (TPSA) is 49.8 Å². The van der Waals surface area contributed by atoms with Gasteiger partial charge in [0.1, 0.15) is 6.04 Å². The highest BCUT2D eigenvalue weighted by atomic mass is 35.5. The lowest BCUT2D eigenvalue weighted by molar-refractivity contribution is -0.146. The second-order valence-corrected chi connectivity index (χ2v) is 2.28. The van der Waals surface area contributed by atoms with Crippen molar-refractivity contribution in [2.45, 2.75) is 6.04 Å². The molecule has 0 saturated carbocycles. The molecular formula is C5H10ClNO3. The van der Waals surface area contributed by atoms with Crippen LogP contribution >= 0.6 is 11.8 Å². The first-order chi connectivity index (χ1) is 4.63. The smallest absolute Gasteiger partial charge is 0.326 e. The van der Waals surface area contributed by atoms with Crippen LogP contribution in [0.3, 0.4) is 0 Å². The number of halogens is 1. The van der Waals surface area contributed by atoms with Crippen LogP contribution in [0.4, 0.5) is 0 Å². The molecule has 0 saturated heterocycles. The number of likely N-dealkylation sites (N-methyl/N-ethyl adjacent to an activating group) is 1. The van der Waals surface area contributed by atoms with Gasteiger partial charge in [0, 0.05) is 7.05 Å². The zero-order valence-corrected chi connectivity index (χ0v) is 6.63. The van der Waals surface area contributed by atoms with Gasteiger partial charge in [-0.05, 0) is 11.8 Å². The number of hydrogen-bond donors (Lipinski definition) is 1. The van der Waals surface area contributed by atoms with Crippen LogP contribution < -0.4 is 0 Å². The number of ether oxygens (including phenoxy) is 1. The highest BCUT2D eigenvalue weighted by molar-refractivity contribution is 6.14. The van der Waals surface area contributed by atoms with Crippen molar-refractivity contribution >= 4 is 17.7 Å². The molecule has 0 aromatic heterocycles. The Morgan fingerprint density at radius 3 is 2.50 bits per heavy atom. The van der Waals surface area contributed by atoms with E-state index in [0.717, 1.165) is 4.42 Å². The Balaban J connectivity index is 3.93. The maximum absolute atomic E-state index is 10.7. The van der Waals surface area contributed by atoms with Crippen LogP contribution in [0.5, 0.6) is 0 Å². The number of carbonyl (C=O) groups excluding carboxylic acids is 1. The lowest BCUT2D eigenvalue weighted by Gasteiger charge is -2.15. The summed E-state index contributed by atoms with van der Waals surface area (Å²) >= 11 is 5.39. The van der Waals surface area contributed by atoms with Crippen LogP contribution in [-0.2, 0) is 9.53 Å². The number of carbonyl (C=O) groups is 1. The summed E-state index contributed by atoms with van der Waals surface area (Å²) in [5.41, 5.74) is 0. The molecule has 0 spiro atoms.